The molecule has 37 heavy (non-hydrogen) atoms. The molecule has 1 fully saturated rings. The number of nitrogens with zero attached hydrogens (tertiary/aromatic N) is 5. The highest BCUT2D eigenvalue weighted by molar-refractivity contribution is 6.00. The van der Waals surface area contributed by atoms with Crippen molar-refractivity contribution < 1.29 is 4.79 Å². The predicted octanol–water partition coefficient (Wildman–Crippen LogP) is 4.87. The van der Waals surface area contributed by atoms with Gasteiger partial charge in [-0.3, -0.25) is 9.78 Å². The van der Waals surface area contributed by atoms with Gasteiger partial charge in [0.05, 0.1) is 11.2 Å². The Labute approximate surface area is 217 Å². The van der Waals surface area contributed by atoms with Gasteiger partial charge in [-0.1, -0.05) is 25.6 Å². The molecule has 1 aliphatic rings. The summed E-state index contributed by atoms with van der Waals surface area (Å²) in [5.41, 5.74) is 6.41. The van der Waals surface area contributed by atoms with Crippen molar-refractivity contribution in [3.63, 3.8) is 0 Å². The number of piperazine rings is 1. The predicted molar refractivity (Wildman–Crippen MR) is 150 cm³/mol. The zero-order chi connectivity index (χ0) is 25.8. The van der Waals surface area contributed by atoms with E-state index in [1.165, 1.54) is 11.8 Å². The van der Waals surface area contributed by atoms with Crippen LogP contribution in [0.2, 0.25) is 0 Å². The Morgan fingerprint density at radius 2 is 1.81 bits per heavy atom. The second kappa shape index (κ2) is 10.8. The van der Waals surface area contributed by atoms with Crippen LogP contribution in [0.4, 0.5) is 23.0 Å². The number of rotatable bonds is 7. The number of benzene rings is 2. The minimum Gasteiger partial charge on any atom is -0.369 e. The maximum Gasteiger partial charge on any atom is 0.247 e. The summed E-state index contributed by atoms with van der Waals surface area (Å²) in [6, 6.07) is 16.2. The molecule has 4 aromatic rings. The zero-order valence-corrected chi connectivity index (χ0v) is 21.2. The lowest BCUT2D eigenvalue weighted by molar-refractivity contribution is -0.111. The SMILES string of the molecule is C=CC(=O)Nc1ccnc(-c2c(CC)ccc3cnc(Nc4ccc(N5CCN(C)CC5)cc4)nc23)c1. The maximum atomic E-state index is 11.8. The molecule has 0 saturated carbocycles. The van der Waals surface area contributed by atoms with E-state index in [1.807, 2.05) is 18.3 Å². The lowest BCUT2D eigenvalue weighted by Crippen LogP contribution is -2.44. The van der Waals surface area contributed by atoms with Crippen molar-refractivity contribution in [2.24, 2.45) is 0 Å². The van der Waals surface area contributed by atoms with Gasteiger partial charge in [-0.2, -0.15) is 0 Å². The van der Waals surface area contributed by atoms with Gasteiger partial charge < -0.3 is 20.4 Å². The van der Waals surface area contributed by atoms with Crippen molar-refractivity contribution in [3.8, 4) is 11.3 Å². The van der Waals surface area contributed by atoms with Crippen LogP contribution in [0.5, 0.6) is 0 Å². The number of hydrogen-bond acceptors (Lipinski definition) is 7. The van der Waals surface area contributed by atoms with Gasteiger partial charge in [0.15, 0.2) is 0 Å². The van der Waals surface area contributed by atoms with Crippen molar-refractivity contribution in [2.45, 2.75) is 13.3 Å². The molecule has 8 heteroatoms. The number of amides is 1. The molecule has 0 bridgehead atoms. The molecular weight excluding hydrogens is 462 g/mol. The number of nitrogens with one attached hydrogen (secondary N) is 2. The standard InChI is InChI=1S/C29H31N7O/c1-4-20-6-7-21-19-31-29(33-22-8-10-24(11-9-22)36-16-14-35(3)15-17-36)34-28(21)27(20)25-18-23(12-13-30-25)32-26(37)5-2/h5-13,18-19H,2,4,14-17H2,1,3H3,(H,30,32,37)(H,31,33,34). The molecule has 0 aliphatic carbocycles. The Kier molecular flexibility index (Phi) is 7.09. The highest BCUT2D eigenvalue weighted by Gasteiger charge is 2.16. The minimum atomic E-state index is -0.266. The normalized spacial score (nSPS) is 13.9. The fourth-order valence-corrected chi connectivity index (χ4v) is 4.57. The number of carbonyl (C=O) groups excluding carboxylic acids is 1. The second-order valence-corrected chi connectivity index (χ2v) is 9.17. The summed E-state index contributed by atoms with van der Waals surface area (Å²) in [7, 11) is 2.16. The van der Waals surface area contributed by atoms with Gasteiger partial charge in [-0.15, -0.1) is 0 Å². The van der Waals surface area contributed by atoms with Crippen LogP contribution in [-0.2, 0) is 11.2 Å². The molecule has 3 heterocycles. The summed E-state index contributed by atoms with van der Waals surface area (Å²) in [4.78, 5) is 30.6. The van der Waals surface area contributed by atoms with Gasteiger partial charge in [0.1, 0.15) is 0 Å². The van der Waals surface area contributed by atoms with Gasteiger partial charge in [-0.05, 0) is 61.5 Å². The molecule has 188 valence electrons. The molecule has 1 aliphatic heterocycles. The van der Waals surface area contributed by atoms with Crippen molar-refractivity contribution in [2.75, 3.05) is 48.8 Å². The van der Waals surface area contributed by atoms with Gasteiger partial charge in [0.2, 0.25) is 11.9 Å². The van der Waals surface area contributed by atoms with Crippen LogP contribution in [0, 0.1) is 0 Å². The third-order valence-electron chi connectivity index (χ3n) is 6.68. The number of hydrogen-bond donors (Lipinski definition) is 2. The summed E-state index contributed by atoms with van der Waals surface area (Å²) in [5, 5.41) is 7.09. The lowest BCUT2D eigenvalue weighted by Gasteiger charge is -2.34. The first-order chi connectivity index (χ1) is 18.0. The number of likely N-dealkylation sites (N-methyl/N-ethyl adjacent to an activating group) is 1. The molecule has 0 atom stereocenters. The Balaban J connectivity index is 1.45. The first kappa shape index (κ1) is 24.4. The third kappa shape index (κ3) is 5.44. The van der Waals surface area contributed by atoms with Gasteiger partial charge >= 0.3 is 0 Å². The van der Waals surface area contributed by atoms with E-state index in [9.17, 15) is 4.79 Å². The molecule has 2 N–H and O–H groups in total. The average molecular weight is 494 g/mol. The van der Waals surface area contributed by atoms with Crippen LogP contribution in [0.15, 0.2) is 73.6 Å². The van der Waals surface area contributed by atoms with E-state index >= 15 is 0 Å². The van der Waals surface area contributed by atoms with Crippen molar-refractivity contribution in [1.82, 2.24) is 19.9 Å². The van der Waals surface area contributed by atoms with E-state index in [-0.39, 0.29) is 5.91 Å². The number of pyridine rings is 1. The summed E-state index contributed by atoms with van der Waals surface area (Å²) in [6.07, 6.45) is 5.58. The quantitative estimate of drug-likeness (QED) is 0.355. The van der Waals surface area contributed by atoms with E-state index in [0.717, 1.165) is 66.0 Å². The molecule has 1 saturated heterocycles. The molecule has 0 radical (unpaired) electrons. The smallest absolute Gasteiger partial charge is 0.247 e. The Morgan fingerprint density at radius 1 is 1.03 bits per heavy atom. The third-order valence-corrected chi connectivity index (χ3v) is 6.68. The maximum absolute atomic E-state index is 11.8. The lowest BCUT2D eigenvalue weighted by atomic mass is 9.98. The number of carbonyl (C=O) groups is 1. The van der Waals surface area contributed by atoms with Gasteiger partial charge in [0, 0.05) is 66.6 Å². The van der Waals surface area contributed by atoms with Crippen LogP contribution >= 0.6 is 0 Å². The molecule has 0 spiro atoms. The monoisotopic (exact) mass is 493 g/mol. The highest BCUT2D eigenvalue weighted by Crippen LogP contribution is 2.32. The van der Waals surface area contributed by atoms with E-state index in [2.05, 4.69) is 81.3 Å². The summed E-state index contributed by atoms with van der Waals surface area (Å²) in [6.45, 7) is 9.85. The highest BCUT2D eigenvalue weighted by atomic mass is 16.1. The Morgan fingerprint density at radius 3 is 2.54 bits per heavy atom. The molecule has 0 unspecified atom stereocenters. The number of anilines is 4. The molecular formula is C29H31N7O. The van der Waals surface area contributed by atoms with E-state index in [0.29, 0.717) is 11.6 Å². The van der Waals surface area contributed by atoms with E-state index < -0.39 is 0 Å². The van der Waals surface area contributed by atoms with Crippen molar-refractivity contribution in [1.29, 1.82) is 0 Å². The first-order valence-corrected chi connectivity index (χ1v) is 12.5. The average Bonchev–Trinajstić information content (AvgIpc) is 2.93. The van der Waals surface area contributed by atoms with Gasteiger partial charge in [-0.25, -0.2) is 9.97 Å². The fraction of sp³-hybridized carbons (Fsp3) is 0.241. The molecule has 2 aromatic carbocycles. The van der Waals surface area contributed by atoms with Crippen LogP contribution in [0.3, 0.4) is 0 Å². The summed E-state index contributed by atoms with van der Waals surface area (Å²) >= 11 is 0. The van der Waals surface area contributed by atoms with E-state index in [4.69, 9.17) is 4.98 Å². The molecule has 1 amide bonds. The van der Waals surface area contributed by atoms with Gasteiger partial charge in [0.25, 0.3) is 0 Å². The van der Waals surface area contributed by atoms with E-state index in [1.54, 1.807) is 12.3 Å². The van der Waals surface area contributed by atoms with Crippen LogP contribution < -0.4 is 15.5 Å². The van der Waals surface area contributed by atoms with Crippen molar-refractivity contribution >= 4 is 39.8 Å². The summed E-state index contributed by atoms with van der Waals surface area (Å²) in [5.74, 6) is 0.253. The van der Waals surface area contributed by atoms with Crippen LogP contribution in [0.25, 0.3) is 22.2 Å². The largest absolute Gasteiger partial charge is 0.369 e. The zero-order valence-electron chi connectivity index (χ0n) is 21.2. The number of aryl methyl sites for hydroxylation is 1. The first-order valence-electron chi connectivity index (χ1n) is 12.5. The second-order valence-electron chi connectivity index (χ2n) is 9.17. The number of aromatic nitrogens is 3. The summed E-state index contributed by atoms with van der Waals surface area (Å²) < 4.78 is 0. The van der Waals surface area contributed by atoms with Crippen LogP contribution in [0.1, 0.15) is 12.5 Å². The van der Waals surface area contributed by atoms with Crippen LogP contribution in [-0.4, -0.2) is 59.0 Å². The molecule has 2 aromatic heterocycles. The topological polar surface area (TPSA) is 86.3 Å². The Bertz CT molecular complexity index is 1430. The molecule has 5 rings (SSSR count). The number of fused-ring (bicyclic) bond motifs is 1. The fourth-order valence-electron chi connectivity index (χ4n) is 4.57. The van der Waals surface area contributed by atoms with Crippen molar-refractivity contribution in [3.05, 3.63) is 79.1 Å². The Hall–Kier alpha value is -4.30. The molecule has 8 nitrogen and oxygen atoms in total. The minimum absolute atomic E-state index is 0.266.